The molecule has 2 atom stereocenters. The SMILES string of the molecule is CCOP(OCC)OCOC(COc1ccc(CC(SC)C(=O)NC=O)cc1)c1ccc(C)cc1. The highest BCUT2D eigenvalue weighted by Gasteiger charge is 2.18. The van der Waals surface area contributed by atoms with E-state index in [4.69, 9.17) is 23.0 Å². The van der Waals surface area contributed by atoms with E-state index < -0.39 is 8.60 Å². The van der Waals surface area contributed by atoms with Crippen LogP contribution in [0, 0.1) is 6.92 Å². The van der Waals surface area contributed by atoms with Crippen molar-refractivity contribution >= 4 is 32.7 Å². The molecule has 8 nitrogen and oxygen atoms in total. The van der Waals surface area contributed by atoms with Crippen LogP contribution in [0.2, 0.25) is 0 Å². The molecule has 0 heterocycles. The monoisotopic (exact) mass is 523 g/mol. The predicted octanol–water partition coefficient (Wildman–Crippen LogP) is 4.95. The first-order valence-corrected chi connectivity index (χ1v) is 13.7. The number of rotatable bonds is 17. The number of ether oxygens (including phenoxy) is 2. The number of carbonyl (C=O) groups excluding carboxylic acids is 2. The van der Waals surface area contributed by atoms with Gasteiger partial charge < -0.3 is 18.5 Å². The van der Waals surface area contributed by atoms with Gasteiger partial charge in [0.05, 0.1) is 18.5 Å². The van der Waals surface area contributed by atoms with Gasteiger partial charge in [-0.15, -0.1) is 0 Å². The summed E-state index contributed by atoms with van der Waals surface area (Å²) in [5, 5.41) is 1.87. The fourth-order valence-electron chi connectivity index (χ4n) is 3.04. The summed E-state index contributed by atoms with van der Waals surface area (Å²) >= 11 is 1.40. The van der Waals surface area contributed by atoms with Gasteiger partial charge in [0.15, 0.2) is 6.79 Å². The van der Waals surface area contributed by atoms with Gasteiger partial charge in [0, 0.05) is 0 Å². The maximum Gasteiger partial charge on any atom is 0.334 e. The average molecular weight is 524 g/mol. The van der Waals surface area contributed by atoms with Crippen molar-refractivity contribution in [2.24, 2.45) is 0 Å². The third kappa shape index (κ3) is 10.7. The predicted molar refractivity (Wildman–Crippen MR) is 138 cm³/mol. The molecule has 1 N–H and O–H groups in total. The summed E-state index contributed by atoms with van der Waals surface area (Å²) in [7, 11) is -1.45. The number of nitrogens with one attached hydrogen (secondary N) is 1. The van der Waals surface area contributed by atoms with Crippen molar-refractivity contribution in [1.29, 1.82) is 0 Å². The molecule has 2 rings (SSSR count). The van der Waals surface area contributed by atoms with Crippen molar-refractivity contribution in [2.75, 3.05) is 32.9 Å². The van der Waals surface area contributed by atoms with Gasteiger partial charge in [-0.1, -0.05) is 42.0 Å². The normalized spacial score (nSPS) is 12.8. The van der Waals surface area contributed by atoms with Crippen LogP contribution in [0.15, 0.2) is 48.5 Å². The lowest BCUT2D eigenvalue weighted by Gasteiger charge is -2.21. The molecule has 35 heavy (non-hydrogen) atoms. The van der Waals surface area contributed by atoms with Crippen LogP contribution >= 0.6 is 20.4 Å². The molecular formula is C25H34NO7PS. The molecule has 0 aromatic heterocycles. The minimum Gasteiger partial charge on any atom is -0.491 e. The summed E-state index contributed by atoms with van der Waals surface area (Å²) in [5.74, 6) is 0.379. The smallest absolute Gasteiger partial charge is 0.334 e. The van der Waals surface area contributed by atoms with Crippen LogP contribution in [0.25, 0.3) is 0 Å². The van der Waals surface area contributed by atoms with E-state index in [9.17, 15) is 9.59 Å². The first-order valence-electron chi connectivity index (χ1n) is 11.4. The Balaban J connectivity index is 1.98. The summed E-state index contributed by atoms with van der Waals surface area (Å²) in [6.45, 7) is 7.06. The van der Waals surface area contributed by atoms with E-state index in [0.29, 0.717) is 31.8 Å². The van der Waals surface area contributed by atoms with Gasteiger partial charge in [-0.25, -0.2) is 0 Å². The molecule has 2 aromatic rings. The highest BCUT2D eigenvalue weighted by atomic mass is 32.2. The van der Waals surface area contributed by atoms with E-state index in [1.54, 1.807) is 0 Å². The second-order valence-corrected chi connectivity index (χ2v) is 9.64. The summed E-state index contributed by atoms with van der Waals surface area (Å²) in [5.41, 5.74) is 3.09. The Morgan fingerprint density at radius 2 is 1.69 bits per heavy atom. The molecule has 0 radical (unpaired) electrons. The first-order chi connectivity index (χ1) is 17.0. The fraction of sp³-hybridized carbons (Fsp3) is 0.440. The van der Waals surface area contributed by atoms with Gasteiger partial charge in [-0.2, -0.15) is 11.8 Å². The van der Waals surface area contributed by atoms with Crippen LogP contribution in [0.4, 0.5) is 0 Å². The largest absolute Gasteiger partial charge is 0.491 e. The fourth-order valence-corrected chi connectivity index (χ4v) is 4.48. The second-order valence-electron chi connectivity index (χ2n) is 7.38. The zero-order valence-corrected chi connectivity index (χ0v) is 22.3. The molecule has 192 valence electrons. The number of imide groups is 1. The molecule has 0 aliphatic rings. The minimum absolute atomic E-state index is 0.00543. The lowest BCUT2D eigenvalue weighted by Crippen LogP contribution is -2.32. The average Bonchev–Trinajstić information content (AvgIpc) is 2.86. The van der Waals surface area contributed by atoms with Crippen molar-refractivity contribution in [1.82, 2.24) is 5.32 Å². The van der Waals surface area contributed by atoms with Gasteiger partial charge in [0.25, 0.3) is 0 Å². The highest BCUT2D eigenvalue weighted by molar-refractivity contribution is 7.99. The maximum absolute atomic E-state index is 12.0. The Morgan fingerprint density at radius 3 is 2.26 bits per heavy atom. The van der Waals surface area contributed by atoms with E-state index in [1.165, 1.54) is 11.8 Å². The Bertz CT molecular complexity index is 876. The zero-order chi connectivity index (χ0) is 25.5. The van der Waals surface area contributed by atoms with Crippen LogP contribution in [-0.4, -0.2) is 50.4 Å². The minimum atomic E-state index is -1.45. The number of carbonyl (C=O) groups is 2. The third-order valence-electron chi connectivity index (χ3n) is 4.87. The lowest BCUT2D eigenvalue weighted by molar-refractivity contribution is -0.124. The Kier molecular flexibility index (Phi) is 13.9. The molecule has 0 saturated carbocycles. The molecule has 0 fully saturated rings. The van der Waals surface area contributed by atoms with Gasteiger partial charge in [-0.3, -0.25) is 19.4 Å². The quantitative estimate of drug-likeness (QED) is 0.177. The molecule has 0 aliphatic carbocycles. The van der Waals surface area contributed by atoms with Crippen molar-refractivity contribution in [2.45, 2.75) is 38.5 Å². The van der Waals surface area contributed by atoms with E-state index in [1.807, 2.05) is 75.6 Å². The van der Waals surface area contributed by atoms with Crippen LogP contribution in [-0.2, 0) is 34.3 Å². The molecule has 0 aliphatic heterocycles. The second kappa shape index (κ2) is 16.6. The zero-order valence-electron chi connectivity index (χ0n) is 20.6. The summed E-state index contributed by atoms with van der Waals surface area (Å²) in [4.78, 5) is 22.5. The molecule has 2 amide bonds. The molecule has 10 heteroatoms. The number of benzene rings is 2. The van der Waals surface area contributed by atoms with Crippen molar-refractivity contribution < 1.29 is 32.6 Å². The van der Waals surface area contributed by atoms with Crippen LogP contribution in [0.5, 0.6) is 5.75 Å². The van der Waals surface area contributed by atoms with Crippen molar-refractivity contribution in [3.63, 3.8) is 0 Å². The van der Waals surface area contributed by atoms with Gasteiger partial charge in [0.2, 0.25) is 12.3 Å². The van der Waals surface area contributed by atoms with E-state index in [0.717, 1.165) is 16.7 Å². The Hall–Kier alpha value is -2.00. The summed E-state index contributed by atoms with van der Waals surface area (Å²) in [6.07, 6.45) is 2.40. The van der Waals surface area contributed by atoms with Gasteiger partial charge in [0.1, 0.15) is 18.5 Å². The van der Waals surface area contributed by atoms with Crippen LogP contribution < -0.4 is 10.1 Å². The molecule has 0 saturated heterocycles. The van der Waals surface area contributed by atoms with Gasteiger partial charge >= 0.3 is 8.60 Å². The molecule has 0 spiro atoms. The standard InChI is InChI=1S/C25H34NO7PS/c1-5-31-34(32-6-2)33-18-30-23(21-11-7-19(3)8-12-21)16-29-22-13-9-20(10-14-22)15-24(35-4)25(28)26-17-27/h7-14,17,23-24H,5-6,15-16,18H2,1-4H3,(H,26,27,28). The molecule has 2 unspecified atom stereocenters. The van der Waals surface area contributed by atoms with Crippen molar-refractivity contribution in [3.05, 3.63) is 65.2 Å². The number of amides is 2. The molecule has 0 bridgehead atoms. The third-order valence-corrected chi connectivity index (χ3v) is 7.07. The lowest BCUT2D eigenvalue weighted by atomic mass is 10.1. The molecule has 2 aromatic carbocycles. The topological polar surface area (TPSA) is 92.3 Å². The number of thioether (sulfide) groups is 1. The summed E-state index contributed by atoms with van der Waals surface area (Å²) in [6, 6.07) is 15.6. The molecular weight excluding hydrogens is 489 g/mol. The number of hydrogen-bond acceptors (Lipinski definition) is 8. The Labute approximate surface area is 213 Å². The highest BCUT2D eigenvalue weighted by Crippen LogP contribution is 2.39. The van der Waals surface area contributed by atoms with Crippen LogP contribution in [0.1, 0.15) is 36.6 Å². The maximum atomic E-state index is 12.0. The van der Waals surface area contributed by atoms with Crippen LogP contribution in [0.3, 0.4) is 0 Å². The van der Waals surface area contributed by atoms with Crippen molar-refractivity contribution in [3.8, 4) is 5.75 Å². The number of hydrogen-bond donors (Lipinski definition) is 1. The van der Waals surface area contributed by atoms with Gasteiger partial charge in [-0.05, 0) is 56.7 Å². The summed E-state index contributed by atoms with van der Waals surface area (Å²) < 4.78 is 28.5. The number of aryl methyl sites for hydroxylation is 1. The van der Waals surface area contributed by atoms with E-state index >= 15 is 0 Å². The Morgan fingerprint density at radius 1 is 1.03 bits per heavy atom. The van der Waals surface area contributed by atoms with E-state index in [-0.39, 0.29) is 30.7 Å². The first kappa shape index (κ1) is 29.2. The van der Waals surface area contributed by atoms with E-state index in [2.05, 4.69) is 5.32 Å².